The molecule has 39 heavy (non-hydrogen) atoms. The number of alkyl carbamates (subject to hydrolysis) is 1. The molecule has 214 valence electrons. The van der Waals surface area contributed by atoms with Crippen LogP contribution in [0.1, 0.15) is 64.4 Å². The van der Waals surface area contributed by atoms with Gasteiger partial charge in [-0.2, -0.15) is 0 Å². The Kier molecular flexibility index (Phi) is 9.60. The van der Waals surface area contributed by atoms with Crippen LogP contribution in [0, 0.1) is 11.2 Å². The number of hydrogen-bond acceptors (Lipinski definition) is 9. The Hall–Kier alpha value is -3.19. The minimum atomic E-state index is -3.76. The molecule has 2 aromatic rings. The number of nitrogens with zero attached hydrogens (tertiary/aromatic N) is 3. The van der Waals surface area contributed by atoms with E-state index < -0.39 is 39.4 Å². The lowest BCUT2D eigenvalue weighted by Crippen LogP contribution is -2.37. The highest BCUT2D eigenvalue weighted by molar-refractivity contribution is 7.92. The first-order valence-corrected chi connectivity index (χ1v) is 14.5. The van der Waals surface area contributed by atoms with Crippen molar-refractivity contribution >= 4 is 45.2 Å². The topological polar surface area (TPSA) is 147 Å². The van der Waals surface area contributed by atoms with Crippen molar-refractivity contribution < 1.29 is 22.3 Å². The lowest BCUT2D eigenvalue weighted by molar-refractivity contribution is 0.168. The van der Waals surface area contributed by atoms with Crippen LogP contribution in [-0.4, -0.2) is 55.8 Å². The molecule has 3 rings (SSSR count). The lowest BCUT2D eigenvalue weighted by atomic mass is 9.95. The maximum atomic E-state index is 15.8. The molecule has 1 aliphatic rings. The number of carbonyl (C=O) groups is 1. The summed E-state index contributed by atoms with van der Waals surface area (Å²) in [7, 11) is -2.47. The molecule has 3 atom stereocenters. The number of nitrogens with one attached hydrogen (secondary N) is 4. The van der Waals surface area contributed by atoms with E-state index in [2.05, 4.69) is 35.4 Å². The monoisotopic (exact) mass is 583 g/mol. The Labute approximate surface area is 233 Å². The Balaban J connectivity index is 1.97. The van der Waals surface area contributed by atoms with E-state index in [0.29, 0.717) is 30.4 Å². The van der Waals surface area contributed by atoms with Gasteiger partial charge in [0.15, 0.2) is 5.82 Å². The SMILES string of the molecule is CCCS(=O)(=O)Nc1cc(Cl)cc(C2N=C(C(C)(C)C)NC2c2ccnc(NC[C@H](C)NC(=O)OC)n2)c1F. The molecule has 2 heterocycles. The van der Waals surface area contributed by atoms with E-state index in [1.54, 1.807) is 26.1 Å². The predicted octanol–water partition coefficient (Wildman–Crippen LogP) is 4.41. The molecule has 4 N–H and O–H groups in total. The first kappa shape index (κ1) is 30.4. The summed E-state index contributed by atoms with van der Waals surface area (Å²) in [5.74, 6) is 0.0212. The van der Waals surface area contributed by atoms with Crippen molar-refractivity contribution in [3.63, 3.8) is 0 Å². The van der Waals surface area contributed by atoms with Crippen LogP contribution in [0.2, 0.25) is 5.02 Å². The fourth-order valence-electron chi connectivity index (χ4n) is 3.95. The van der Waals surface area contributed by atoms with Crippen molar-refractivity contribution in [2.45, 2.75) is 59.2 Å². The normalized spacial score (nSPS) is 18.1. The highest BCUT2D eigenvalue weighted by Gasteiger charge is 2.38. The average molecular weight is 584 g/mol. The third-order valence-electron chi connectivity index (χ3n) is 5.82. The number of amidine groups is 1. The van der Waals surface area contributed by atoms with Crippen LogP contribution >= 0.6 is 11.6 Å². The molecule has 0 saturated carbocycles. The maximum Gasteiger partial charge on any atom is 0.407 e. The summed E-state index contributed by atoms with van der Waals surface area (Å²) in [4.78, 5) is 25.1. The average Bonchev–Trinajstić information content (AvgIpc) is 3.30. The molecule has 1 aliphatic heterocycles. The molecule has 1 aromatic heterocycles. The van der Waals surface area contributed by atoms with Gasteiger partial charge >= 0.3 is 6.09 Å². The molecule has 0 radical (unpaired) electrons. The molecular weight excluding hydrogens is 549 g/mol. The summed E-state index contributed by atoms with van der Waals surface area (Å²) in [6.45, 7) is 9.75. The van der Waals surface area contributed by atoms with Crippen molar-refractivity contribution in [2.24, 2.45) is 10.4 Å². The van der Waals surface area contributed by atoms with Gasteiger partial charge in [-0.3, -0.25) is 9.71 Å². The third kappa shape index (κ3) is 7.91. The first-order valence-electron chi connectivity index (χ1n) is 12.5. The molecular formula is C25H35ClFN7O4S. The van der Waals surface area contributed by atoms with Gasteiger partial charge in [0.1, 0.15) is 11.9 Å². The van der Waals surface area contributed by atoms with Gasteiger partial charge in [0, 0.05) is 34.8 Å². The van der Waals surface area contributed by atoms with Crippen LogP contribution in [0.25, 0.3) is 0 Å². The Morgan fingerprint density at radius 3 is 2.67 bits per heavy atom. The third-order valence-corrected chi connectivity index (χ3v) is 7.52. The van der Waals surface area contributed by atoms with Gasteiger partial charge in [0.2, 0.25) is 16.0 Å². The standard InChI is InChI=1S/C25H35ClFN7O4S/c1-7-10-39(36,37)34-18-12-15(26)11-16(19(18)27)20-21(33-22(32-20)25(3,4)5)17-8-9-28-23(31-17)29-13-14(2)30-24(35)38-6/h8-9,11-12,14,20-21,34H,7,10,13H2,1-6H3,(H,30,35)(H,32,33)(H,28,29,31)/t14-,20?,21?/m0/s1. The lowest BCUT2D eigenvalue weighted by Gasteiger charge is -2.23. The number of methoxy groups -OCH3 is 1. The number of benzene rings is 1. The summed E-state index contributed by atoms with van der Waals surface area (Å²) in [5.41, 5.74) is 0.0248. The zero-order valence-corrected chi connectivity index (χ0v) is 24.4. The summed E-state index contributed by atoms with van der Waals surface area (Å²) in [6, 6.07) is 2.73. The van der Waals surface area contributed by atoms with Gasteiger partial charge in [0.05, 0.1) is 30.3 Å². The van der Waals surface area contributed by atoms with Crippen LogP contribution < -0.4 is 20.7 Å². The van der Waals surface area contributed by atoms with Crippen molar-refractivity contribution in [3.8, 4) is 0 Å². The van der Waals surface area contributed by atoms with E-state index in [1.165, 1.54) is 19.2 Å². The number of halogens is 2. The predicted molar refractivity (Wildman–Crippen MR) is 150 cm³/mol. The number of aliphatic imine (C=N–C) groups is 1. The van der Waals surface area contributed by atoms with Crippen LogP contribution in [0.15, 0.2) is 29.4 Å². The number of carbonyl (C=O) groups excluding carboxylic acids is 1. The molecule has 11 nitrogen and oxygen atoms in total. The molecule has 0 fully saturated rings. The van der Waals surface area contributed by atoms with E-state index in [-0.39, 0.29) is 28.1 Å². The van der Waals surface area contributed by atoms with Crippen molar-refractivity contribution in [1.29, 1.82) is 0 Å². The zero-order valence-electron chi connectivity index (χ0n) is 22.8. The second-order valence-electron chi connectivity index (χ2n) is 10.3. The fraction of sp³-hybridized carbons (Fsp3) is 0.520. The number of ether oxygens (including phenoxy) is 1. The van der Waals surface area contributed by atoms with E-state index in [4.69, 9.17) is 16.6 Å². The highest BCUT2D eigenvalue weighted by Crippen LogP contribution is 2.42. The maximum absolute atomic E-state index is 15.8. The van der Waals surface area contributed by atoms with Gasteiger partial charge in [-0.1, -0.05) is 39.3 Å². The first-order chi connectivity index (χ1) is 18.2. The Bertz CT molecular complexity index is 1330. The molecule has 0 aliphatic carbocycles. The molecule has 0 bridgehead atoms. The van der Waals surface area contributed by atoms with E-state index in [0.717, 1.165) is 0 Å². The number of anilines is 2. The summed E-state index contributed by atoms with van der Waals surface area (Å²) in [5, 5.41) is 9.25. The summed E-state index contributed by atoms with van der Waals surface area (Å²) < 4.78 is 47.5. The molecule has 1 amide bonds. The molecule has 2 unspecified atom stereocenters. The van der Waals surface area contributed by atoms with Crippen LogP contribution in [0.5, 0.6) is 0 Å². The van der Waals surface area contributed by atoms with Gasteiger partial charge < -0.3 is 20.7 Å². The second kappa shape index (κ2) is 12.3. The van der Waals surface area contributed by atoms with Gasteiger partial charge in [-0.25, -0.2) is 27.6 Å². The van der Waals surface area contributed by atoms with E-state index >= 15 is 4.39 Å². The molecule has 0 saturated heterocycles. The highest BCUT2D eigenvalue weighted by atomic mass is 35.5. The number of aromatic nitrogens is 2. The van der Waals surface area contributed by atoms with Gasteiger partial charge in [-0.15, -0.1) is 0 Å². The largest absolute Gasteiger partial charge is 0.453 e. The summed E-state index contributed by atoms with van der Waals surface area (Å²) >= 11 is 6.32. The minimum absolute atomic E-state index is 0.123. The molecule has 1 aromatic carbocycles. The smallest absolute Gasteiger partial charge is 0.407 e. The van der Waals surface area contributed by atoms with Crippen LogP contribution in [-0.2, 0) is 14.8 Å². The van der Waals surface area contributed by atoms with Crippen molar-refractivity contribution in [2.75, 3.05) is 29.4 Å². The fourth-order valence-corrected chi connectivity index (χ4v) is 5.30. The van der Waals surface area contributed by atoms with E-state index in [9.17, 15) is 13.2 Å². The van der Waals surface area contributed by atoms with Crippen LogP contribution in [0.4, 0.5) is 20.8 Å². The van der Waals surface area contributed by atoms with Gasteiger partial charge in [-0.05, 0) is 31.5 Å². The number of hydrogen-bond donors (Lipinski definition) is 4. The number of amides is 1. The van der Waals surface area contributed by atoms with E-state index in [1.807, 2.05) is 20.8 Å². The van der Waals surface area contributed by atoms with Gasteiger partial charge in [0.25, 0.3) is 0 Å². The second-order valence-corrected chi connectivity index (χ2v) is 12.6. The van der Waals surface area contributed by atoms with Crippen molar-refractivity contribution in [3.05, 3.63) is 46.5 Å². The quantitative estimate of drug-likeness (QED) is 0.322. The van der Waals surface area contributed by atoms with Crippen molar-refractivity contribution in [1.82, 2.24) is 20.6 Å². The molecule has 0 spiro atoms. The number of rotatable bonds is 10. The minimum Gasteiger partial charge on any atom is -0.453 e. The Morgan fingerprint density at radius 2 is 2.03 bits per heavy atom. The van der Waals surface area contributed by atoms with Crippen LogP contribution in [0.3, 0.4) is 0 Å². The number of sulfonamides is 1. The molecule has 14 heteroatoms. The zero-order chi connectivity index (χ0) is 29.0. The Morgan fingerprint density at radius 1 is 1.31 bits per heavy atom. The summed E-state index contributed by atoms with van der Waals surface area (Å²) in [6.07, 6.45) is 1.39.